The number of benzene rings is 1. The molecule has 5 heteroatoms. The summed E-state index contributed by atoms with van der Waals surface area (Å²) >= 11 is 5.59. The molecule has 0 aliphatic carbocycles. The van der Waals surface area contributed by atoms with Crippen molar-refractivity contribution in [1.82, 2.24) is 10.2 Å². The number of halogens is 1. The summed E-state index contributed by atoms with van der Waals surface area (Å²) in [7, 11) is 0. The second-order valence-electron chi connectivity index (χ2n) is 3.73. The Balaban J connectivity index is 2.01. The number of aromatic nitrogens is 2. The fourth-order valence-electron chi connectivity index (χ4n) is 1.52. The minimum atomic E-state index is 0.240. The van der Waals surface area contributed by atoms with Crippen molar-refractivity contribution >= 4 is 11.6 Å². The summed E-state index contributed by atoms with van der Waals surface area (Å²) in [5.41, 5.74) is 0.942. The van der Waals surface area contributed by atoms with Crippen LogP contribution in [-0.2, 0) is 12.8 Å². The smallest absolute Gasteiger partial charge is 0.220 e. The molecule has 1 aromatic heterocycles. The molecule has 0 aliphatic heterocycles. The van der Waals surface area contributed by atoms with E-state index >= 15 is 0 Å². The Morgan fingerprint density at radius 3 is 2.82 bits per heavy atom. The van der Waals surface area contributed by atoms with E-state index in [-0.39, 0.29) is 5.75 Å². The van der Waals surface area contributed by atoms with Crippen LogP contribution in [-0.4, -0.2) is 21.2 Å². The molecule has 1 heterocycles. The third-order valence-corrected chi connectivity index (χ3v) is 2.57. The van der Waals surface area contributed by atoms with Gasteiger partial charge in [0.15, 0.2) is 0 Å². The summed E-state index contributed by atoms with van der Waals surface area (Å²) in [5.74, 6) is 2.00. The molecule has 0 spiro atoms. The van der Waals surface area contributed by atoms with Crippen molar-refractivity contribution in [2.75, 3.05) is 5.88 Å². The predicted molar refractivity (Wildman–Crippen MR) is 64.3 cm³/mol. The monoisotopic (exact) mass is 252 g/mol. The largest absolute Gasteiger partial charge is 0.508 e. The van der Waals surface area contributed by atoms with Gasteiger partial charge in [-0.3, -0.25) is 0 Å². The zero-order valence-electron chi connectivity index (χ0n) is 9.27. The molecular weight excluding hydrogens is 240 g/mol. The maximum Gasteiger partial charge on any atom is 0.220 e. The van der Waals surface area contributed by atoms with E-state index < -0.39 is 0 Å². The minimum absolute atomic E-state index is 0.240. The number of aromatic hydroxyl groups is 1. The summed E-state index contributed by atoms with van der Waals surface area (Å²) in [6, 6.07) is 7.00. The summed E-state index contributed by atoms with van der Waals surface area (Å²) < 4.78 is 5.47. The lowest BCUT2D eigenvalue weighted by Gasteiger charge is -1.97. The minimum Gasteiger partial charge on any atom is -0.508 e. The predicted octanol–water partition coefficient (Wildman–Crippen LogP) is 2.54. The van der Waals surface area contributed by atoms with Crippen molar-refractivity contribution in [3.8, 4) is 5.75 Å². The highest BCUT2D eigenvalue weighted by Crippen LogP contribution is 2.14. The zero-order chi connectivity index (χ0) is 12.1. The number of alkyl halides is 1. The summed E-state index contributed by atoms with van der Waals surface area (Å²) in [6.07, 6.45) is 2.06. The Bertz CT molecular complexity index is 485. The lowest BCUT2D eigenvalue weighted by molar-refractivity contribution is 0.454. The summed E-state index contributed by atoms with van der Waals surface area (Å²) in [4.78, 5) is 0. The van der Waals surface area contributed by atoms with Gasteiger partial charge < -0.3 is 9.52 Å². The van der Waals surface area contributed by atoms with E-state index in [1.807, 2.05) is 6.07 Å². The number of nitrogens with zero attached hydrogens (tertiary/aromatic N) is 2. The van der Waals surface area contributed by atoms with Crippen molar-refractivity contribution in [1.29, 1.82) is 0 Å². The molecule has 0 amide bonds. The normalized spacial score (nSPS) is 10.6. The second kappa shape index (κ2) is 5.68. The van der Waals surface area contributed by atoms with Crippen molar-refractivity contribution in [2.24, 2.45) is 0 Å². The van der Waals surface area contributed by atoms with Gasteiger partial charge in [0.2, 0.25) is 11.8 Å². The maximum absolute atomic E-state index is 9.33. The van der Waals surface area contributed by atoms with Crippen LogP contribution in [0.1, 0.15) is 23.8 Å². The third-order valence-electron chi connectivity index (χ3n) is 2.30. The van der Waals surface area contributed by atoms with Gasteiger partial charge in [0.05, 0.1) is 6.42 Å². The average Bonchev–Trinajstić information content (AvgIpc) is 2.74. The fourth-order valence-corrected chi connectivity index (χ4v) is 1.65. The first kappa shape index (κ1) is 11.9. The quantitative estimate of drug-likeness (QED) is 0.831. The topological polar surface area (TPSA) is 59.2 Å². The van der Waals surface area contributed by atoms with Gasteiger partial charge in [-0.1, -0.05) is 12.1 Å². The average molecular weight is 253 g/mol. The Morgan fingerprint density at radius 1 is 1.24 bits per heavy atom. The number of phenols is 1. The van der Waals surface area contributed by atoms with Gasteiger partial charge in [0, 0.05) is 12.3 Å². The van der Waals surface area contributed by atoms with Crippen LogP contribution in [0, 0.1) is 0 Å². The van der Waals surface area contributed by atoms with Gasteiger partial charge >= 0.3 is 0 Å². The standard InChI is InChI=1S/C12H13ClN2O2/c13-6-2-5-11-14-15-12(17-11)8-9-3-1-4-10(16)7-9/h1,3-4,7,16H,2,5-6,8H2. The number of rotatable bonds is 5. The number of hydrogen-bond donors (Lipinski definition) is 1. The molecule has 1 aromatic carbocycles. The number of phenolic OH excluding ortho intramolecular Hbond substituents is 1. The van der Waals surface area contributed by atoms with E-state index in [1.54, 1.807) is 18.2 Å². The van der Waals surface area contributed by atoms with Gasteiger partial charge in [-0.05, 0) is 24.1 Å². The first-order valence-corrected chi connectivity index (χ1v) is 5.96. The molecule has 0 saturated carbocycles. The molecule has 4 nitrogen and oxygen atoms in total. The first-order chi connectivity index (χ1) is 8.28. The third kappa shape index (κ3) is 3.46. The van der Waals surface area contributed by atoms with Crippen LogP contribution in [0.5, 0.6) is 5.75 Å². The van der Waals surface area contributed by atoms with Crippen LogP contribution in [0.3, 0.4) is 0 Å². The van der Waals surface area contributed by atoms with Gasteiger partial charge in [0.1, 0.15) is 5.75 Å². The Kier molecular flexibility index (Phi) is 3.98. The van der Waals surface area contributed by atoms with Crippen LogP contribution in [0.25, 0.3) is 0 Å². The molecule has 0 unspecified atom stereocenters. The molecular formula is C12H13ClN2O2. The summed E-state index contributed by atoms with van der Waals surface area (Å²) in [6.45, 7) is 0. The van der Waals surface area contributed by atoms with E-state index in [2.05, 4.69) is 10.2 Å². The molecule has 0 radical (unpaired) electrons. The zero-order valence-corrected chi connectivity index (χ0v) is 10.0. The molecule has 0 saturated heterocycles. The molecule has 90 valence electrons. The highest BCUT2D eigenvalue weighted by molar-refractivity contribution is 6.17. The molecule has 0 bridgehead atoms. The maximum atomic E-state index is 9.33. The number of hydrogen-bond acceptors (Lipinski definition) is 4. The van der Waals surface area contributed by atoms with E-state index in [4.69, 9.17) is 16.0 Å². The lowest BCUT2D eigenvalue weighted by Crippen LogP contribution is -1.87. The van der Waals surface area contributed by atoms with Crippen LogP contribution < -0.4 is 0 Å². The van der Waals surface area contributed by atoms with Crippen LogP contribution >= 0.6 is 11.6 Å². The number of aryl methyl sites for hydroxylation is 1. The van der Waals surface area contributed by atoms with Crippen LogP contribution in [0.15, 0.2) is 28.7 Å². The van der Waals surface area contributed by atoms with Crippen LogP contribution in [0.4, 0.5) is 0 Å². The van der Waals surface area contributed by atoms with Crippen molar-refractivity contribution in [3.63, 3.8) is 0 Å². The Morgan fingerprint density at radius 2 is 2.06 bits per heavy atom. The van der Waals surface area contributed by atoms with E-state index in [0.717, 1.165) is 12.0 Å². The van der Waals surface area contributed by atoms with Crippen molar-refractivity contribution < 1.29 is 9.52 Å². The SMILES string of the molecule is Oc1cccc(Cc2nnc(CCCCl)o2)c1. The molecule has 1 N–H and O–H groups in total. The molecule has 2 rings (SSSR count). The van der Waals surface area contributed by atoms with Gasteiger partial charge in [-0.2, -0.15) is 0 Å². The fraction of sp³-hybridized carbons (Fsp3) is 0.333. The molecule has 2 aromatic rings. The van der Waals surface area contributed by atoms with E-state index in [9.17, 15) is 5.11 Å². The first-order valence-electron chi connectivity index (χ1n) is 5.43. The molecule has 0 aliphatic rings. The highest BCUT2D eigenvalue weighted by atomic mass is 35.5. The van der Waals surface area contributed by atoms with Gasteiger partial charge in [-0.25, -0.2) is 0 Å². The Labute approximate surface area is 104 Å². The summed E-state index contributed by atoms with van der Waals surface area (Å²) in [5, 5.41) is 17.2. The van der Waals surface area contributed by atoms with Crippen LogP contribution in [0.2, 0.25) is 0 Å². The van der Waals surface area contributed by atoms with E-state index in [0.29, 0.717) is 30.5 Å². The van der Waals surface area contributed by atoms with Gasteiger partial charge in [-0.15, -0.1) is 21.8 Å². The Hall–Kier alpha value is -1.55. The van der Waals surface area contributed by atoms with Crippen molar-refractivity contribution in [3.05, 3.63) is 41.6 Å². The molecule has 0 fully saturated rings. The van der Waals surface area contributed by atoms with Gasteiger partial charge in [0.25, 0.3) is 0 Å². The second-order valence-corrected chi connectivity index (χ2v) is 4.11. The van der Waals surface area contributed by atoms with E-state index in [1.165, 1.54) is 0 Å². The van der Waals surface area contributed by atoms with Crippen molar-refractivity contribution in [2.45, 2.75) is 19.3 Å². The molecule has 17 heavy (non-hydrogen) atoms. The molecule has 0 atom stereocenters. The lowest BCUT2D eigenvalue weighted by atomic mass is 10.1. The highest BCUT2D eigenvalue weighted by Gasteiger charge is 2.06.